The lowest BCUT2D eigenvalue weighted by molar-refractivity contribution is 1.11. The summed E-state index contributed by atoms with van der Waals surface area (Å²) in [5, 5.41) is 9.13. The van der Waals surface area contributed by atoms with Gasteiger partial charge < -0.3 is 0 Å². The van der Waals surface area contributed by atoms with Crippen molar-refractivity contribution in [1.82, 2.24) is 4.98 Å². The van der Waals surface area contributed by atoms with Gasteiger partial charge in [0.1, 0.15) is 6.07 Å². The molecule has 0 spiro atoms. The second-order valence-corrected chi connectivity index (χ2v) is 2.71. The van der Waals surface area contributed by atoms with Crippen molar-refractivity contribution in [2.75, 3.05) is 0 Å². The van der Waals surface area contributed by atoms with Gasteiger partial charge in [-0.05, 0) is 19.9 Å². The Morgan fingerprint density at radius 1 is 1.45 bits per heavy atom. The summed E-state index contributed by atoms with van der Waals surface area (Å²) in [5.41, 5.74) is 2.04. The highest BCUT2D eigenvalue weighted by Gasteiger charge is 2.02. The molecule has 0 atom stereocenters. The molecule has 1 heterocycles. The predicted octanol–water partition coefficient (Wildman–Crippen LogP) is 2.22. The molecule has 3 heteroatoms. The lowest BCUT2D eigenvalue weighted by Crippen LogP contribution is -1.91. The molecule has 0 aliphatic heterocycles. The van der Waals surface area contributed by atoms with Crippen LogP contribution in [0.25, 0.3) is 0 Å². The molecule has 0 saturated heterocycles. The molecule has 0 radical (unpaired) electrons. The van der Waals surface area contributed by atoms with E-state index in [0.717, 1.165) is 11.4 Å². The van der Waals surface area contributed by atoms with Crippen molar-refractivity contribution in [2.45, 2.75) is 13.8 Å². The van der Waals surface area contributed by atoms with Crippen molar-refractivity contribution >= 4 is 11.6 Å². The van der Waals surface area contributed by atoms with Gasteiger partial charge in [-0.1, -0.05) is 11.6 Å². The Balaban J connectivity index is 3.35. The number of hydrogen-bond acceptors (Lipinski definition) is 2. The van der Waals surface area contributed by atoms with Gasteiger partial charge in [-0.3, -0.25) is 4.98 Å². The minimum atomic E-state index is 0.542. The van der Waals surface area contributed by atoms with Gasteiger partial charge in [0.25, 0.3) is 0 Å². The molecule has 11 heavy (non-hydrogen) atoms. The smallest absolute Gasteiger partial charge is 0.101 e. The van der Waals surface area contributed by atoms with E-state index in [0.29, 0.717) is 10.6 Å². The van der Waals surface area contributed by atoms with Gasteiger partial charge in [0.2, 0.25) is 0 Å². The first-order valence-corrected chi connectivity index (χ1v) is 3.57. The molecule has 2 nitrogen and oxygen atoms in total. The van der Waals surface area contributed by atoms with E-state index in [4.69, 9.17) is 16.9 Å². The number of nitrogens with zero attached hydrogens (tertiary/aromatic N) is 2. The number of aryl methyl sites for hydroxylation is 2. The Kier molecular flexibility index (Phi) is 2.11. The van der Waals surface area contributed by atoms with Crippen molar-refractivity contribution in [3.63, 3.8) is 0 Å². The minimum Gasteiger partial charge on any atom is -0.256 e. The molecular weight excluding hydrogens is 160 g/mol. The summed E-state index contributed by atoms with van der Waals surface area (Å²) in [6.07, 6.45) is 0. The number of hydrogen-bond donors (Lipinski definition) is 0. The van der Waals surface area contributed by atoms with E-state index in [9.17, 15) is 0 Å². The molecule has 0 fully saturated rings. The van der Waals surface area contributed by atoms with E-state index >= 15 is 0 Å². The molecule has 0 amide bonds. The summed E-state index contributed by atoms with van der Waals surface area (Å²) in [6, 6.07) is 3.65. The van der Waals surface area contributed by atoms with E-state index in [1.54, 1.807) is 13.0 Å². The topological polar surface area (TPSA) is 36.7 Å². The van der Waals surface area contributed by atoms with Crippen molar-refractivity contribution < 1.29 is 0 Å². The monoisotopic (exact) mass is 166 g/mol. The van der Waals surface area contributed by atoms with Crippen LogP contribution >= 0.6 is 11.6 Å². The van der Waals surface area contributed by atoms with Gasteiger partial charge in [0.05, 0.1) is 22.0 Å². The molecule has 1 aromatic rings. The largest absolute Gasteiger partial charge is 0.256 e. The third kappa shape index (κ3) is 1.50. The summed E-state index contributed by atoms with van der Waals surface area (Å²) in [6.45, 7) is 3.61. The second kappa shape index (κ2) is 2.89. The molecule has 0 aliphatic rings. The minimum absolute atomic E-state index is 0.542. The highest BCUT2D eigenvalue weighted by molar-refractivity contribution is 6.31. The van der Waals surface area contributed by atoms with Crippen molar-refractivity contribution in [3.8, 4) is 6.07 Å². The Bertz CT molecular complexity index is 326. The number of pyridine rings is 1. The van der Waals surface area contributed by atoms with Crippen LogP contribution in [-0.2, 0) is 0 Å². The number of aromatic nitrogens is 1. The molecule has 0 bridgehead atoms. The number of rotatable bonds is 0. The van der Waals surface area contributed by atoms with Gasteiger partial charge in [0, 0.05) is 0 Å². The first-order valence-electron chi connectivity index (χ1n) is 3.19. The fraction of sp³-hybridized carbons (Fsp3) is 0.250. The molecule has 1 aromatic heterocycles. The zero-order valence-corrected chi connectivity index (χ0v) is 7.11. The Morgan fingerprint density at radius 3 is 2.64 bits per heavy atom. The van der Waals surface area contributed by atoms with Crippen LogP contribution in [0.3, 0.4) is 0 Å². The fourth-order valence-corrected chi connectivity index (χ4v) is 0.965. The van der Waals surface area contributed by atoms with Crippen molar-refractivity contribution in [3.05, 3.63) is 28.0 Å². The van der Waals surface area contributed by atoms with Gasteiger partial charge in [0.15, 0.2) is 0 Å². The molecule has 0 aromatic carbocycles. The molecule has 0 aliphatic carbocycles. The van der Waals surface area contributed by atoms with Crippen LogP contribution in [0.4, 0.5) is 0 Å². The summed E-state index contributed by atoms with van der Waals surface area (Å²) in [7, 11) is 0. The van der Waals surface area contributed by atoms with Gasteiger partial charge in [-0.2, -0.15) is 5.26 Å². The fourth-order valence-electron chi connectivity index (χ4n) is 0.814. The van der Waals surface area contributed by atoms with Gasteiger partial charge >= 0.3 is 0 Å². The van der Waals surface area contributed by atoms with E-state index in [2.05, 4.69) is 4.98 Å². The zero-order chi connectivity index (χ0) is 8.43. The average molecular weight is 167 g/mol. The van der Waals surface area contributed by atoms with Crippen LogP contribution in [-0.4, -0.2) is 4.98 Å². The van der Waals surface area contributed by atoms with Crippen LogP contribution in [0.1, 0.15) is 17.0 Å². The van der Waals surface area contributed by atoms with Crippen LogP contribution in [0.15, 0.2) is 6.07 Å². The van der Waals surface area contributed by atoms with E-state index < -0.39 is 0 Å². The summed E-state index contributed by atoms with van der Waals surface area (Å²) >= 11 is 5.75. The summed E-state index contributed by atoms with van der Waals surface area (Å²) in [4.78, 5) is 4.09. The second-order valence-electron chi connectivity index (χ2n) is 2.30. The third-order valence-corrected chi connectivity index (χ3v) is 1.84. The zero-order valence-electron chi connectivity index (χ0n) is 6.35. The van der Waals surface area contributed by atoms with Crippen molar-refractivity contribution in [1.29, 1.82) is 5.26 Å². The SMILES string of the molecule is Cc1nc(C)c(C#N)cc1Cl. The van der Waals surface area contributed by atoms with Gasteiger partial charge in [-0.15, -0.1) is 0 Å². The van der Waals surface area contributed by atoms with Gasteiger partial charge in [-0.25, -0.2) is 0 Å². The highest BCUT2D eigenvalue weighted by Crippen LogP contribution is 2.16. The van der Waals surface area contributed by atoms with E-state index in [-0.39, 0.29) is 0 Å². The van der Waals surface area contributed by atoms with Crippen molar-refractivity contribution in [2.24, 2.45) is 0 Å². The number of halogens is 1. The van der Waals surface area contributed by atoms with E-state index in [1.807, 2.05) is 13.0 Å². The molecule has 56 valence electrons. The Labute approximate surface area is 70.4 Å². The lowest BCUT2D eigenvalue weighted by atomic mass is 10.2. The average Bonchev–Trinajstić information content (AvgIpc) is 1.97. The molecular formula is C8H7ClN2. The van der Waals surface area contributed by atoms with Crippen LogP contribution in [0.2, 0.25) is 5.02 Å². The standard InChI is InChI=1S/C8H7ClN2/c1-5-7(4-10)3-8(9)6(2)11-5/h3H,1-2H3. The summed E-state index contributed by atoms with van der Waals surface area (Å²) in [5.74, 6) is 0. The predicted molar refractivity (Wildman–Crippen MR) is 43.4 cm³/mol. The quantitative estimate of drug-likeness (QED) is 0.593. The molecule has 0 unspecified atom stereocenters. The number of nitriles is 1. The first kappa shape index (κ1) is 8.03. The molecule has 0 N–H and O–H groups in total. The maximum Gasteiger partial charge on any atom is 0.101 e. The summed E-state index contributed by atoms with van der Waals surface area (Å²) < 4.78 is 0. The third-order valence-electron chi connectivity index (χ3n) is 1.46. The maximum atomic E-state index is 8.59. The normalized spacial score (nSPS) is 9.27. The van der Waals surface area contributed by atoms with E-state index in [1.165, 1.54) is 0 Å². The molecule has 1 rings (SSSR count). The Hall–Kier alpha value is -1.07. The van der Waals surface area contributed by atoms with Crippen LogP contribution in [0.5, 0.6) is 0 Å². The molecule has 0 saturated carbocycles. The van der Waals surface area contributed by atoms with Crippen LogP contribution < -0.4 is 0 Å². The van der Waals surface area contributed by atoms with Crippen LogP contribution in [0, 0.1) is 25.2 Å². The maximum absolute atomic E-state index is 8.59. The Morgan fingerprint density at radius 2 is 2.09 bits per heavy atom. The lowest BCUT2D eigenvalue weighted by Gasteiger charge is -1.99. The highest BCUT2D eigenvalue weighted by atomic mass is 35.5. The first-order chi connectivity index (χ1) is 5.15.